The van der Waals surface area contributed by atoms with Crippen LogP contribution in [0.25, 0.3) is 0 Å². The number of nitrogens with one attached hydrogen (secondary N) is 1. The van der Waals surface area contributed by atoms with E-state index in [0.717, 1.165) is 12.3 Å². The maximum absolute atomic E-state index is 14.1. The van der Waals surface area contributed by atoms with Gasteiger partial charge in [0, 0.05) is 0 Å². The molecule has 0 aliphatic heterocycles. The summed E-state index contributed by atoms with van der Waals surface area (Å²) in [7, 11) is -2.77. The van der Waals surface area contributed by atoms with E-state index in [1.165, 1.54) is 44.4 Å². The maximum Gasteiger partial charge on any atom is 0.339 e. The second kappa shape index (κ2) is 8.17. The highest BCUT2D eigenvalue weighted by molar-refractivity contribution is 7.92. The van der Waals surface area contributed by atoms with Gasteiger partial charge in [0.2, 0.25) is 15.9 Å². The smallest absolute Gasteiger partial charge is 0.339 e. The topological polar surface area (TPSA) is 92.8 Å². The highest BCUT2D eigenvalue weighted by Crippen LogP contribution is 2.25. The van der Waals surface area contributed by atoms with Crippen molar-refractivity contribution in [2.24, 2.45) is 0 Å². The number of hydrogen-bond donors (Lipinski definition) is 1. The van der Waals surface area contributed by atoms with Gasteiger partial charge in [0.15, 0.2) is 0 Å². The Labute approximate surface area is 156 Å². The number of sulfonamides is 1. The van der Waals surface area contributed by atoms with E-state index in [9.17, 15) is 22.4 Å². The van der Waals surface area contributed by atoms with Crippen molar-refractivity contribution in [1.29, 1.82) is 0 Å². The zero-order valence-corrected chi connectivity index (χ0v) is 15.8. The Bertz CT molecular complexity index is 962. The van der Waals surface area contributed by atoms with Crippen LogP contribution in [-0.2, 0) is 19.6 Å². The molecular formula is C18H19FN2O5S. The predicted molar refractivity (Wildman–Crippen MR) is 99.6 cm³/mol. The first-order valence-electron chi connectivity index (χ1n) is 7.89. The minimum Gasteiger partial charge on any atom is -0.465 e. The van der Waals surface area contributed by atoms with E-state index >= 15 is 0 Å². The van der Waals surface area contributed by atoms with Gasteiger partial charge >= 0.3 is 5.97 Å². The number of anilines is 2. The number of ether oxygens (including phenoxy) is 1. The van der Waals surface area contributed by atoms with Crippen molar-refractivity contribution >= 4 is 33.3 Å². The first-order chi connectivity index (χ1) is 12.7. The molecule has 2 rings (SSSR count). The molecule has 0 radical (unpaired) electrons. The van der Waals surface area contributed by atoms with Crippen LogP contribution in [0.15, 0.2) is 48.5 Å². The van der Waals surface area contributed by atoms with Crippen LogP contribution in [-0.4, -0.2) is 39.7 Å². The van der Waals surface area contributed by atoms with Crippen molar-refractivity contribution in [2.45, 2.75) is 13.0 Å². The summed E-state index contributed by atoms with van der Waals surface area (Å²) in [6.45, 7) is 1.32. The number of methoxy groups -OCH3 is 1. The summed E-state index contributed by atoms with van der Waals surface area (Å²) in [4.78, 5) is 24.5. The lowest BCUT2D eigenvalue weighted by Gasteiger charge is -2.28. The molecule has 2 aromatic rings. The molecule has 0 aliphatic rings. The van der Waals surface area contributed by atoms with Crippen molar-refractivity contribution in [3.05, 3.63) is 59.9 Å². The van der Waals surface area contributed by atoms with Gasteiger partial charge in [0.05, 0.1) is 30.3 Å². The molecule has 0 bridgehead atoms. The van der Waals surface area contributed by atoms with Gasteiger partial charge in [0.1, 0.15) is 11.9 Å². The molecule has 0 spiro atoms. The van der Waals surface area contributed by atoms with E-state index in [2.05, 4.69) is 10.1 Å². The number of benzene rings is 2. The Balaban J connectivity index is 2.38. The standard InChI is InChI=1S/C18H19FN2O5S/c1-12(21(27(3,24)25)16-11-7-5-9-14(16)19)17(22)20-15-10-6-4-8-13(15)18(23)26-2/h4-12H,1-3H3,(H,20,22)/t12-/m0/s1. The van der Waals surface area contributed by atoms with Gasteiger partial charge in [-0.1, -0.05) is 24.3 Å². The lowest BCUT2D eigenvalue weighted by Crippen LogP contribution is -2.45. The predicted octanol–water partition coefficient (Wildman–Crippen LogP) is 2.41. The first-order valence-corrected chi connectivity index (χ1v) is 9.73. The van der Waals surface area contributed by atoms with Crippen molar-refractivity contribution in [3.63, 3.8) is 0 Å². The fourth-order valence-electron chi connectivity index (χ4n) is 2.53. The van der Waals surface area contributed by atoms with Gasteiger partial charge in [-0.2, -0.15) is 0 Å². The Kier molecular flexibility index (Phi) is 6.17. The van der Waals surface area contributed by atoms with E-state index in [0.29, 0.717) is 4.31 Å². The summed E-state index contributed by atoms with van der Waals surface area (Å²) in [6, 6.07) is 10.1. The van der Waals surface area contributed by atoms with Gasteiger partial charge < -0.3 is 10.1 Å². The van der Waals surface area contributed by atoms with Gasteiger partial charge in [-0.3, -0.25) is 9.10 Å². The highest BCUT2D eigenvalue weighted by Gasteiger charge is 2.31. The maximum atomic E-state index is 14.1. The lowest BCUT2D eigenvalue weighted by molar-refractivity contribution is -0.116. The minimum absolute atomic E-state index is 0.109. The number of carbonyl (C=O) groups excluding carboxylic acids is 2. The van der Waals surface area contributed by atoms with Crippen LogP contribution >= 0.6 is 0 Å². The average Bonchev–Trinajstić information content (AvgIpc) is 2.62. The number of carbonyl (C=O) groups is 2. The van der Waals surface area contributed by atoms with Gasteiger partial charge in [0.25, 0.3) is 0 Å². The molecule has 27 heavy (non-hydrogen) atoms. The van der Waals surface area contributed by atoms with Crippen molar-refractivity contribution in [1.82, 2.24) is 0 Å². The third kappa shape index (κ3) is 4.62. The second-order valence-corrected chi connectivity index (χ2v) is 7.57. The summed E-state index contributed by atoms with van der Waals surface area (Å²) >= 11 is 0. The molecule has 0 saturated heterocycles. The molecule has 0 fully saturated rings. The van der Waals surface area contributed by atoms with E-state index in [4.69, 9.17) is 0 Å². The van der Waals surface area contributed by atoms with Crippen LogP contribution in [0.1, 0.15) is 17.3 Å². The van der Waals surface area contributed by atoms with Gasteiger partial charge in [-0.05, 0) is 31.2 Å². The Morgan fingerprint density at radius 2 is 1.70 bits per heavy atom. The molecule has 144 valence electrons. The van der Waals surface area contributed by atoms with Crippen molar-refractivity contribution in [3.8, 4) is 0 Å². The SMILES string of the molecule is COC(=O)c1ccccc1NC(=O)[C@H](C)N(c1ccccc1F)S(C)(=O)=O. The van der Waals surface area contributed by atoms with Crippen molar-refractivity contribution in [2.75, 3.05) is 23.0 Å². The van der Waals surface area contributed by atoms with E-state index in [1.807, 2.05) is 0 Å². The quantitative estimate of drug-likeness (QED) is 0.760. The third-order valence-electron chi connectivity index (χ3n) is 3.77. The zero-order chi connectivity index (χ0) is 20.2. The molecule has 0 saturated carbocycles. The third-order valence-corrected chi connectivity index (χ3v) is 5.00. The summed E-state index contributed by atoms with van der Waals surface area (Å²) in [5.74, 6) is -2.18. The van der Waals surface area contributed by atoms with Gasteiger partial charge in [-0.15, -0.1) is 0 Å². The molecule has 0 aromatic heterocycles. The van der Waals surface area contributed by atoms with Crippen LogP contribution < -0.4 is 9.62 Å². The fourth-order valence-corrected chi connectivity index (χ4v) is 3.70. The molecule has 1 amide bonds. The van der Waals surface area contributed by atoms with E-state index in [-0.39, 0.29) is 16.9 Å². The first kappa shape index (κ1) is 20.4. The molecule has 0 aliphatic carbocycles. The molecule has 9 heteroatoms. The molecular weight excluding hydrogens is 375 g/mol. The number of nitrogens with zero attached hydrogens (tertiary/aromatic N) is 1. The number of rotatable bonds is 6. The number of para-hydroxylation sites is 2. The van der Waals surface area contributed by atoms with Crippen LogP contribution in [0.3, 0.4) is 0 Å². The number of halogens is 1. The molecule has 1 N–H and O–H groups in total. The minimum atomic E-state index is -3.97. The number of hydrogen-bond acceptors (Lipinski definition) is 5. The zero-order valence-electron chi connectivity index (χ0n) is 15.0. The van der Waals surface area contributed by atoms with E-state index < -0.39 is 33.8 Å². The molecule has 7 nitrogen and oxygen atoms in total. The van der Waals surface area contributed by atoms with Crippen LogP contribution in [0, 0.1) is 5.82 Å². The van der Waals surface area contributed by atoms with Gasteiger partial charge in [-0.25, -0.2) is 17.6 Å². The Morgan fingerprint density at radius 1 is 1.11 bits per heavy atom. The Morgan fingerprint density at radius 3 is 2.30 bits per heavy atom. The normalized spacial score (nSPS) is 12.1. The number of esters is 1. The van der Waals surface area contributed by atoms with Crippen LogP contribution in [0.4, 0.5) is 15.8 Å². The summed E-state index contributed by atoms with van der Waals surface area (Å²) in [6.07, 6.45) is 0.881. The van der Waals surface area contributed by atoms with E-state index in [1.54, 1.807) is 12.1 Å². The Hall–Kier alpha value is -2.94. The summed E-state index contributed by atoms with van der Waals surface area (Å²) in [5.41, 5.74) is 0.0180. The molecule has 0 unspecified atom stereocenters. The average molecular weight is 394 g/mol. The molecule has 2 aromatic carbocycles. The van der Waals surface area contributed by atoms with Crippen molar-refractivity contribution < 1.29 is 27.1 Å². The fraction of sp³-hybridized carbons (Fsp3) is 0.222. The second-order valence-electron chi connectivity index (χ2n) is 5.71. The largest absolute Gasteiger partial charge is 0.465 e. The lowest BCUT2D eigenvalue weighted by atomic mass is 10.1. The summed E-state index contributed by atoms with van der Waals surface area (Å²) < 4.78 is 43.9. The molecule has 0 heterocycles. The van der Waals surface area contributed by atoms with Crippen LogP contribution in [0.2, 0.25) is 0 Å². The molecule has 1 atom stereocenters. The van der Waals surface area contributed by atoms with Crippen LogP contribution in [0.5, 0.6) is 0 Å². The highest BCUT2D eigenvalue weighted by atomic mass is 32.2. The summed E-state index contributed by atoms with van der Waals surface area (Å²) in [5, 5.41) is 2.50. The monoisotopic (exact) mass is 394 g/mol. The number of amides is 1.